The second-order valence-corrected chi connectivity index (χ2v) is 19.4. The minimum Gasteiger partial charge on any atom is -0.381 e. The maximum atomic E-state index is 13.7. The van der Waals surface area contributed by atoms with Crippen LogP contribution in [0, 0.1) is 5.41 Å². The predicted molar refractivity (Wildman–Crippen MR) is 155 cm³/mol. The van der Waals surface area contributed by atoms with Gasteiger partial charge < -0.3 is 14.4 Å². The Morgan fingerprint density at radius 3 is 2.20 bits per heavy atom. The highest BCUT2D eigenvalue weighted by Crippen LogP contribution is 2.44. The summed E-state index contributed by atoms with van der Waals surface area (Å²) in [6.45, 7) is 13.0. The number of hydrogen-bond donors (Lipinski definition) is 0. The number of amides is 7. The Balaban J connectivity index is 1.43. The van der Waals surface area contributed by atoms with E-state index in [1.165, 1.54) is 14.7 Å². The fraction of sp³-hybridized carbons (Fsp3) is 0.828. The number of barbiturate groups is 1. The topological polar surface area (TPSA) is 117 Å². The third-order valence-electron chi connectivity index (χ3n) is 9.27. The van der Waals surface area contributed by atoms with Gasteiger partial charge in [-0.25, -0.2) is 14.5 Å². The lowest BCUT2D eigenvalue weighted by Gasteiger charge is -2.47. The first-order valence-electron chi connectivity index (χ1n) is 15.3. The van der Waals surface area contributed by atoms with Crippen molar-refractivity contribution in [1.29, 1.82) is 0 Å². The zero-order valence-electron chi connectivity index (χ0n) is 25.5. The molecule has 0 aromatic carbocycles. The largest absolute Gasteiger partial charge is 0.381 e. The van der Waals surface area contributed by atoms with Gasteiger partial charge in [-0.15, -0.1) is 0 Å². The van der Waals surface area contributed by atoms with Crippen LogP contribution in [0.4, 0.5) is 9.59 Å². The molecule has 11 nitrogen and oxygen atoms in total. The highest BCUT2D eigenvalue weighted by Gasteiger charge is 2.59. The second kappa shape index (κ2) is 12.5. The SMILES string of the molecule is CCCCN1C(=O)CC(=O)N(C2CCC(C)(CN3C(=O)N(COCC[Si](C)(C)C)C(=O)C34CCOCC4)CC2)C1=O. The summed E-state index contributed by atoms with van der Waals surface area (Å²) in [7, 11) is -1.31. The molecule has 0 aromatic rings. The lowest BCUT2D eigenvalue weighted by atomic mass is 9.72. The van der Waals surface area contributed by atoms with E-state index in [4.69, 9.17) is 9.47 Å². The third kappa shape index (κ3) is 6.69. The summed E-state index contributed by atoms with van der Waals surface area (Å²) in [6.07, 6.45) is 4.77. The van der Waals surface area contributed by atoms with Crippen molar-refractivity contribution in [2.24, 2.45) is 5.41 Å². The number of imide groups is 3. The van der Waals surface area contributed by atoms with Crippen molar-refractivity contribution >= 4 is 37.9 Å². The molecule has 0 atom stereocenters. The molecule has 1 spiro atoms. The highest BCUT2D eigenvalue weighted by atomic mass is 28.3. The molecule has 0 N–H and O–H groups in total. The molecule has 1 aliphatic carbocycles. The Kier molecular flexibility index (Phi) is 9.64. The summed E-state index contributed by atoms with van der Waals surface area (Å²) in [5, 5.41) is 0. The van der Waals surface area contributed by atoms with Crippen molar-refractivity contribution in [2.75, 3.05) is 39.6 Å². The Morgan fingerprint density at radius 2 is 1.59 bits per heavy atom. The molecular weight excluding hydrogens is 544 g/mol. The van der Waals surface area contributed by atoms with Gasteiger partial charge in [-0.1, -0.05) is 39.9 Å². The second-order valence-electron chi connectivity index (χ2n) is 13.8. The Hall–Kier alpha value is -2.31. The summed E-state index contributed by atoms with van der Waals surface area (Å²) in [5.74, 6) is -1.04. The predicted octanol–water partition coefficient (Wildman–Crippen LogP) is 4.04. The van der Waals surface area contributed by atoms with Crippen molar-refractivity contribution in [1.82, 2.24) is 19.6 Å². The van der Waals surface area contributed by atoms with E-state index in [-0.39, 0.29) is 36.5 Å². The summed E-state index contributed by atoms with van der Waals surface area (Å²) in [5.41, 5.74) is -1.21. The van der Waals surface area contributed by atoms with Gasteiger partial charge in [-0.3, -0.25) is 24.2 Å². The van der Waals surface area contributed by atoms with Gasteiger partial charge >= 0.3 is 12.1 Å². The highest BCUT2D eigenvalue weighted by molar-refractivity contribution is 6.76. The molecule has 12 heteroatoms. The quantitative estimate of drug-likeness (QED) is 0.154. The Labute approximate surface area is 244 Å². The zero-order valence-corrected chi connectivity index (χ0v) is 26.5. The lowest BCUT2D eigenvalue weighted by Crippen LogP contribution is -2.60. The van der Waals surface area contributed by atoms with Crippen molar-refractivity contribution in [3.05, 3.63) is 0 Å². The number of nitrogens with zero attached hydrogens (tertiary/aromatic N) is 4. The molecule has 4 aliphatic rings. The molecule has 1 saturated carbocycles. The molecule has 230 valence electrons. The first-order valence-corrected chi connectivity index (χ1v) is 19.0. The molecule has 0 aromatic heterocycles. The van der Waals surface area contributed by atoms with Crippen molar-refractivity contribution < 1.29 is 33.4 Å². The van der Waals surface area contributed by atoms with Crippen LogP contribution in [0.1, 0.15) is 71.6 Å². The van der Waals surface area contributed by atoms with Crippen molar-refractivity contribution in [3.8, 4) is 0 Å². The minimum atomic E-state index is -1.31. The monoisotopic (exact) mass is 592 g/mol. The molecule has 0 bridgehead atoms. The van der Waals surface area contributed by atoms with Crippen LogP contribution in [-0.4, -0.2) is 109 Å². The maximum Gasteiger partial charge on any atom is 0.333 e. The van der Waals surface area contributed by atoms with Crippen molar-refractivity contribution in [3.63, 3.8) is 0 Å². The molecular formula is C29H48N4O7Si. The first kappa shape index (κ1) is 31.6. The van der Waals surface area contributed by atoms with Gasteiger partial charge in [0.1, 0.15) is 18.7 Å². The van der Waals surface area contributed by atoms with Gasteiger partial charge in [0, 0.05) is 59.9 Å². The fourth-order valence-corrected chi connectivity index (χ4v) is 7.25. The average Bonchev–Trinajstić information content (AvgIpc) is 3.08. The number of urea groups is 2. The average molecular weight is 593 g/mol. The van der Waals surface area contributed by atoms with Crippen LogP contribution < -0.4 is 0 Å². The summed E-state index contributed by atoms with van der Waals surface area (Å²) in [6, 6.07) is -0.124. The van der Waals surface area contributed by atoms with Crippen LogP contribution in [0.5, 0.6) is 0 Å². The molecule has 3 aliphatic heterocycles. The summed E-state index contributed by atoms with van der Waals surface area (Å²) >= 11 is 0. The van der Waals surface area contributed by atoms with Gasteiger partial charge in [0.15, 0.2) is 0 Å². The van der Waals surface area contributed by atoms with E-state index in [0.29, 0.717) is 77.9 Å². The van der Waals surface area contributed by atoms with Gasteiger partial charge in [0.05, 0.1) is 0 Å². The van der Waals surface area contributed by atoms with Crippen molar-refractivity contribution in [2.45, 2.75) is 109 Å². The van der Waals surface area contributed by atoms with Gasteiger partial charge in [0.25, 0.3) is 5.91 Å². The van der Waals surface area contributed by atoms with E-state index < -0.39 is 31.5 Å². The lowest BCUT2D eigenvalue weighted by molar-refractivity contribution is -0.145. The van der Waals surface area contributed by atoms with Crippen LogP contribution >= 0.6 is 0 Å². The normalized spacial score (nSPS) is 27.5. The standard InChI is InChI=1S/C29H48N4O7Si/c1-6-7-14-30-23(34)19-24(35)33(27(30)38)22-8-10-28(2,11-9-22)20-32-26(37)31(21-40-17-18-41(3,4)5)25(36)29(32)12-15-39-16-13-29/h22H,6-21H2,1-5H3. The number of ether oxygens (including phenoxy) is 2. The molecule has 0 radical (unpaired) electrons. The number of rotatable bonds is 11. The molecule has 4 fully saturated rings. The molecule has 0 unspecified atom stereocenters. The van der Waals surface area contributed by atoms with E-state index in [1.807, 2.05) is 6.92 Å². The van der Waals surface area contributed by atoms with E-state index in [2.05, 4.69) is 26.6 Å². The van der Waals surface area contributed by atoms with Crippen LogP contribution in [0.15, 0.2) is 0 Å². The summed E-state index contributed by atoms with van der Waals surface area (Å²) in [4.78, 5) is 71.4. The molecule has 3 saturated heterocycles. The van der Waals surface area contributed by atoms with Crippen LogP contribution in [0.2, 0.25) is 25.7 Å². The third-order valence-corrected chi connectivity index (χ3v) is 11.0. The smallest absolute Gasteiger partial charge is 0.333 e. The Morgan fingerprint density at radius 1 is 0.927 bits per heavy atom. The van der Waals surface area contributed by atoms with Crippen LogP contribution in [-0.2, 0) is 23.9 Å². The molecule has 41 heavy (non-hydrogen) atoms. The Bertz CT molecular complexity index is 1030. The minimum absolute atomic E-state index is 0.0352. The van der Waals surface area contributed by atoms with Gasteiger partial charge in [0.2, 0.25) is 11.8 Å². The van der Waals surface area contributed by atoms with E-state index in [9.17, 15) is 24.0 Å². The van der Waals surface area contributed by atoms with Crippen LogP contribution in [0.3, 0.4) is 0 Å². The maximum absolute atomic E-state index is 13.7. The fourth-order valence-electron chi connectivity index (χ4n) is 6.49. The van der Waals surface area contributed by atoms with E-state index in [0.717, 1.165) is 12.5 Å². The summed E-state index contributed by atoms with van der Waals surface area (Å²) < 4.78 is 11.4. The first-order chi connectivity index (χ1) is 19.3. The van der Waals surface area contributed by atoms with Crippen LogP contribution in [0.25, 0.3) is 0 Å². The van der Waals surface area contributed by atoms with Gasteiger partial charge in [-0.2, -0.15) is 0 Å². The number of hydrogen-bond acceptors (Lipinski definition) is 7. The number of unbranched alkanes of at least 4 members (excludes halogenated alkanes) is 1. The molecule has 7 amide bonds. The van der Waals surface area contributed by atoms with E-state index in [1.54, 1.807) is 4.90 Å². The molecule has 3 heterocycles. The van der Waals surface area contributed by atoms with E-state index >= 15 is 0 Å². The van der Waals surface area contributed by atoms with Gasteiger partial charge in [-0.05, 0) is 43.6 Å². The zero-order chi connectivity index (χ0) is 30.0. The number of carbonyl (C=O) groups is 5. The number of carbonyl (C=O) groups excluding carboxylic acids is 5. The molecule has 4 rings (SSSR count).